The Balaban J connectivity index is 3.37. The molecule has 0 amide bonds. The summed E-state index contributed by atoms with van der Waals surface area (Å²) < 4.78 is 0. The molecule has 0 atom stereocenters. The lowest BCUT2D eigenvalue weighted by molar-refractivity contribution is 0.537. The van der Waals surface area contributed by atoms with Crippen LogP contribution in [-0.2, 0) is 0 Å². The van der Waals surface area contributed by atoms with Gasteiger partial charge in [-0.3, -0.25) is 0 Å². The third-order valence-electron chi connectivity index (χ3n) is 3.72. The van der Waals surface area contributed by atoms with Crippen LogP contribution in [0.4, 0.5) is 0 Å². The van der Waals surface area contributed by atoms with E-state index < -0.39 is 0 Å². The molecule has 0 aromatic heterocycles. The van der Waals surface area contributed by atoms with Gasteiger partial charge in [0, 0.05) is 6.42 Å². The molecule has 0 unspecified atom stereocenters. The van der Waals surface area contributed by atoms with Crippen LogP contribution in [0.3, 0.4) is 0 Å². The van der Waals surface area contributed by atoms with Gasteiger partial charge in [0.05, 0.1) is 0 Å². The van der Waals surface area contributed by atoms with Crippen molar-refractivity contribution in [2.75, 3.05) is 0 Å². The van der Waals surface area contributed by atoms with Crippen LogP contribution in [0.5, 0.6) is 0 Å². The molecular formula is C22H36OS. The number of unbranched alkanes of at least 4 members (excludes halogenated alkanes) is 6. The molecule has 0 saturated heterocycles. The van der Waals surface area contributed by atoms with Crippen LogP contribution < -0.4 is 0 Å². The Kier molecular flexibility index (Phi) is 18.9. The van der Waals surface area contributed by atoms with Gasteiger partial charge in [0.25, 0.3) is 0 Å². The maximum absolute atomic E-state index is 8.90. The first-order valence-corrected chi connectivity index (χ1v) is 10.00. The van der Waals surface area contributed by atoms with Crippen LogP contribution in [0.2, 0.25) is 0 Å². The van der Waals surface area contributed by atoms with Gasteiger partial charge < -0.3 is 5.11 Å². The number of hydrogen-bond donors (Lipinski definition) is 1. The summed E-state index contributed by atoms with van der Waals surface area (Å²) in [5.41, 5.74) is 0. The predicted molar refractivity (Wildman–Crippen MR) is 113 cm³/mol. The van der Waals surface area contributed by atoms with Gasteiger partial charge in [0.2, 0.25) is 0 Å². The molecule has 0 saturated carbocycles. The fourth-order valence-electron chi connectivity index (χ4n) is 2.28. The van der Waals surface area contributed by atoms with E-state index in [4.69, 9.17) is 5.11 Å². The topological polar surface area (TPSA) is 20.2 Å². The van der Waals surface area contributed by atoms with Crippen LogP contribution >= 0.6 is 12.2 Å². The Bertz CT molecular complexity index is 391. The molecule has 136 valence electrons. The normalized spacial score (nSPS) is 12.4. The van der Waals surface area contributed by atoms with Crippen molar-refractivity contribution in [3.63, 3.8) is 0 Å². The lowest BCUT2D eigenvalue weighted by atomic mass is 10.1. The van der Waals surface area contributed by atoms with Crippen LogP contribution in [0.25, 0.3) is 0 Å². The van der Waals surface area contributed by atoms with E-state index in [1.165, 1.54) is 32.1 Å². The van der Waals surface area contributed by atoms with E-state index in [0.29, 0.717) is 6.42 Å². The van der Waals surface area contributed by atoms with Gasteiger partial charge in [-0.1, -0.05) is 74.8 Å². The summed E-state index contributed by atoms with van der Waals surface area (Å²) in [4.78, 5) is 0. The minimum Gasteiger partial charge on any atom is -0.502 e. The molecule has 0 heterocycles. The Labute approximate surface area is 155 Å². The maximum atomic E-state index is 8.90. The summed E-state index contributed by atoms with van der Waals surface area (Å²) in [6.07, 6.45) is 31.4. The highest BCUT2D eigenvalue weighted by atomic mass is 32.1. The second-order valence-electron chi connectivity index (χ2n) is 6.08. The maximum Gasteiger partial charge on any atom is 0.156 e. The predicted octanol–water partition coefficient (Wildman–Crippen LogP) is 7.80. The Hall–Kier alpha value is -1.15. The first-order valence-electron chi connectivity index (χ1n) is 9.59. The van der Waals surface area contributed by atoms with Gasteiger partial charge in [-0.25, -0.2) is 0 Å². The smallest absolute Gasteiger partial charge is 0.156 e. The molecule has 0 aliphatic rings. The van der Waals surface area contributed by atoms with Gasteiger partial charge in [-0.05, 0) is 63.6 Å². The molecule has 0 aromatic rings. The Morgan fingerprint density at radius 2 is 1.12 bits per heavy atom. The van der Waals surface area contributed by atoms with E-state index in [9.17, 15) is 0 Å². The Morgan fingerprint density at radius 3 is 1.58 bits per heavy atom. The molecule has 0 aromatic carbocycles. The lowest BCUT2D eigenvalue weighted by Crippen LogP contribution is -1.89. The summed E-state index contributed by atoms with van der Waals surface area (Å²) in [6.45, 7) is 2.24. The zero-order valence-corrected chi connectivity index (χ0v) is 16.3. The third kappa shape index (κ3) is 20.9. The molecule has 0 rings (SSSR count). The van der Waals surface area contributed by atoms with Crippen molar-refractivity contribution in [2.45, 2.75) is 84.0 Å². The number of thiocarbonyl (C=S) groups is 1. The van der Waals surface area contributed by atoms with Gasteiger partial charge in [0.1, 0.15) is 0 Å². The largest absolute Gasteiger partial charge is 0.502 e. The fourth-order valence-corrected chi connectivity index (χ4v) is 2.42. The molecule has 0 radical (unpaired) electrons. The SMILES string of the molecule is CCCCC/C=C\C/C=C\C/C=C\C/C=C\CCCCCC(O)=S. The lowest BCUT2D eigenvalue weighted by Gasteiger charge is -1.96. The summed E-state index contributed by atoms with van der Waals surface area (Å²) in [5, 5.41) is 9.04. The zero-order valence-electron chi connectivity index (χ0n) is 15.5. The van der Waals surface area contributed by atoms with Crippen molar-refractivity contribution in [3.8, 4) is 0 Å². The van der Waals surface area contributed by atoms with Crippen molar-refractivity contribution in [2.24, 2.45) is 0 Å². The van der Waals surface area contributed by atoms with Crippen molar-refractivity contribution in [1.82, 2.24) is 0 Å². The van der Waals surface area contributed by atoms with E-state index >= 15 is 0 Å². The number of aliphatic hydroxyl groups excluding tert-OH is 1. The molecule has 24 heavy (non-hydrogen) atoms. The van der Waals surface area contributed by atoms with E-state index in [1.54, 1.807) is 0 Å². The highest BCUT2D eigenvalue weighted by molar-refractivity contribution is 7.80. The molecule has 0 bridgehead atoms. The summed E-state index contributed by atoms with van der Waals surface area (Å²) in [5.74, 6) is 0. The highest BCUT2D eigenvalue weighted by Gasteiger charge is 1.91. The third-order valence-corrected chi connectivity index (χ3v) is 3.92. The van der Waals surface area contributed by atoms with Crippen molar-refractivity contribution in [3.05, 3.63) is 48.6 Å². The zero-order chi connectivity index (χ0) is 17.7. The van der Waals surface area contributed by atoms with Crippen molar-refractivity contribution in [1.29, 1.82) is 0 Å². The van der Waals surface area contributed by atoms with E-state index in [2.05, 4.69) is 67.7 Å². The molecule has 0 spiro atoms. The van der Waals surface area contributed by atoms with E-state index in [0.717, 1.165) is 38.5 Å². The molecule has 1 nitrogen and oxygen atoms in total. The molecule has 0 aliphatic carbocycles. The van der Waals surface area contributed by atoms with Gasteiger partial charge in [0.15, 0.2) is 5.05 Å². The standard InChI is InChI=1S/C22H36OS/c1-2-3-4-5-6-7-8-9-10-11-12-13-14-15-16-17-18-19-20-21-22(23)24/h6-7,9-10,12-13,15-16H,2-5,8,11,14,17-21H2,1H3,(H,23,24)/b7-6-,10-9-,13-12-,16-15-. The monoisotopic (exact) mass is 348 g/mol. The summed E-state index contributed by atoms with van der Waals surface area (Å²) >= 11 is 4.64. The van der Waals surface area contributed by atoms with Crippen LogP contribution in [0, 0.1) is 0 Å². The van der Waals surface area contributed by atoms with Crippen LogP contribution in [0.15, 0.2) is 48.6 Å². The van der Waals surface area contributed by atoms with Crippen molar-refractivity contribution < 1.29 is 5.11 Å². The average molecular weight is 349 g/mol. The average Bonchev–Trinajstić information content (AvgIpc) is 2.56. The van der Waals surface area contributed by atoms with Gasteiger partial charge in [-0.2, -0.15) is 0 Å². The van der Waals surface area contributed by atoms with E-state index in [1.807, 2.05) is 0 Å². The van der Waals surface area contributed by atoms with E-state index in [-0.39, 0.29) is 5.05 Å². The number of rotatable bonds is 16. The summed E-state index contributed by atoms with van der Waals surface area (Å²) in [7, 11) is 0. The van der Waals surface area contributed by atoms with Crippen LogP contribution in [0.1, 0.15) is 84.0 Å². The van der Waals surface area contributed by atoms with Crippen molar-refractivity contribution >= 4 is 17.3 Å². The fraction of sp³-hybridized carbons (Fsp3) is 0.591. The second kappa shape index (κ2) is 19.9. The Morgan fingerprint density at radius 1 is 0.667 bits per heavy atom. The number of allylic oxidation sites excluding steroid dienone is 8. The number of hydrogen-bond acceptors (Lipinski definition) is 1. The molecule has 2 heteroatoms. The molecule has 1 N–H and O–H groups in total. The molecule has 0 aliphatic heterocycles. The number of aliphatic hydroxyl groups is 1. The van der Waals surface area contributed by atoms with Gasteiger partial charge in [-0.15, -0.1) is 0 Å². The quantitative estimate of drug-likeness (QED) is 0.174. The first-order chi connectivity index (χ1) is 11.8. The first kappa shape index (κ1) is 22.9. The second-order valence-corrected chi connectivity index (χ2v) is 6.55. The minimum absolute atomic E-state index is 0.146. The molecule has 0 fully saturated rings. The summed E-state index contributed by atoms with van der Waals surface area (Å²) in [6, 6.07) is 0. The molecular weight excluding hydrogens is 312 g/mol. The van der Waals surface area contributed by atoms with Gasteiger partial charge >= 0.3 is 0 Å². The minimum atomic E-state index is 0.146. The van der Waals surface area contributed by atoms with Crippen LogP contribution in [-0.4, -0.2) is 10.2 Å². The highest BCUT2D eigenvalue weighted by Crippen LogP contribution is 2.05.